The van der Waals surface area contributed by atoms with Gasteiger partial charge in [-0.25, -0.2) is 15.0 Å². The van der Waals surface area contributed by atoms with Crippen LogP contribution in [0.4, 0.5) is 23.1 Å². The lowest BCUT2D eigenvalue weighted by molar-refractivity contribution is 0.642. The second-order valence-electron chi connectivity index (χ2n) is 4.66. The Hall–Kier alpha value is -2.57. The lowest BCUT2D eigenvalue weighted by Crippen LogP contribution is -2.47. The highest BCUT2D eigenvalue weighted by Gasteiger charge is 2.21. The maximum atomic E-state index is 5.94. The lowest BCUT2D eigenvalue weighted by atomic mass is 10.3. The quantitative estimate of drug-likeness (QED) is 0.814. The summed E-state index contributed by atoms with van der Waals surface area (Å²) in [5.41, 5.74) is 12.1. The van der Waals surface area contributed by atoms with E-state index in [-0.39, 0.29) is 0 Å². The van der Waals surface area contributed by atoms with Gasteiger partial charge in [0, 0.05) is 32.4 Å². The lowest BCUT2D eigenvalue weighted by Gasteiger charge is -2.36. The van der Waals surface area contributed by atoms with E-state index >= 15 is 0 Å². The van der Waals surface area contributed by atoms with Crippen molar-refractivity contribution in [3.05, 3.63) is 30.7 Å². The Labute approximate surface area is 117 Å². The molecule has 0 aliphatic carbocycles. The van der Waals surface area contributed by atoms with Gasteiger partial charge in [0.05, 0.1) is 0 Å². The molecule has 4 N–H and O–H groups in total. The second kappa shape index (κ2) is 5.20. The summed E-state index contributed by atoms with van der Waals surface area (Å²) in [5, 5.41) is 0. The molecule has 0 spiro atoms. The molecule has 1 aliphatic heterocycles. The molecule has 0 bridgehead atoms. The summed E-state index contributed by atoms with van der Waals surface area (Å²) in [7, 11) is 0. The van der Waals surface area contributed by atoms with Gasteiger partial charge in [0.1, 0.15) is 17.8 Å². The Kier molecular flexibility index (Phi) is 3.24. The Morgan fingerprint density at radius 2 is 1.65 bits per heavy atom. The number of rotatable bonds is 2. The van der Waals surface area contributed by atoms with Gasteiger partial charge in [0.2, 0.25) is 0 Å². The number of nitrogens with zero attached hydrogens (tertiary/aromatic N) is 5. The molecule has 0 atom stereocenters. The van der Waals surface area contributed by atoms with Crippen LogP contribution in [0, 0.1) is 0 Å². The third-order valence-corrected chi connectivity index (χ3v) is 3.45. The molecule has 3 rings (SSSR count). The standard InChI is InChI=1S/C13H17N7/c14-11-12(15)17-9-18-13(11)20-7-5-19(6-8-20)10-3-1-2-4-16-10/h1-4,9H,5-8,14H2,(H2,15,17,18). The van der Waals surface area contributed by atoms with Crippen LogP contribution in [0.25, 0.3) is 0 Å². The first-order chi connectivity index (χ1) is 9.75. The van der Waals surface area contributed by atoms with Crippen LogP contribution in [-0.2, 0) is 0 Å². The number of nitrogens with two attached hydrogens (primary N) is 2. The Morgan fingerprint density at radius 1 is 0.900 bits per heavy atom. The minimum Gasteiger partial charge on any atom is -0.393 e. The van der Waals surface area contributed by atoms with E-state index in [1.165, 1.54) is 6.33 Å². The van der Waals surface area contributed by atoms with Crippen LogP contribution in [0.5, 0.6) is 0 Å². The van der Waals surface area contributed by atoms with Crippen molar-refractivity contribution in [3.63, 3.8) is 0 Å². The van der Waals surface area contributed by atoms with Crippen molar-refractivity contribution < 1.29 is 0 Å². The number of nitrogen functional groups attached to an aromatic ring is 2. The van der Waals surface area contributed by atoms with Gasteiger partial charge in [-0.05, 0) is 12.1 Å². The van der Waals surface area contributed by atoms with E-state index in [9.17, 15) is 0 Å². The summed E-state index contributed by atoms with van der Waals surface area (Å²) in [6.45, 7) is 3.41. The van der Waals surface area contributed by atoms with Crippen LogP contribution in [0.15, 0.2) is 30.7 Å². The van der Waals surface area contributed by atoms with Gasteiger partial charge in [-0.3, -0.25) is 0 Å². The van der Waals surface area contributed by atoms with E-state index in [4.69, 9.17) is 11.5 Å². The molecule has 0 saturated carbocycles. The van der Waals surface area contributed by atoms with Crippen molar-refractivity contribution in [1.29, 1.82) is 0 Å². The van der Waals surface area contributed by atoms with Gasteiger partial charge in [-0.2, -0.15) is 0 Å². The smallest absolute Gasteiger partial charge is 0.157 e. The summed E-state index contributed by atoms with van der Waals surface area (Å²) in [6.07, 6.45) is 3.26. The van der Waals surface area contributed by atoms with Gasteiger partial charge in [-0.15, -0.1) is 0 Å². The Bertz CT molecular complexity index is 579. The maximum Gasteiger partial charge on any atom is 0.157 e. The summed E-state index contributed by atoms with van der Waals surface area (Å²) in [5.74, 6) is 2.06. The number of hydrogen-bond donors (Lipinski definition) is 2. The predicted octanol–water partition coefficient (Wildman–Crippen LogP) is 0.363. The number of anilines is 4. The van der Waals surface area contributed by atoms with Crippen LogP contribution < -0.4 is 21.3 Å². The van der Waals surface area contributed by atoms with Crippen molar-refractivity contribution in [2.24, 2.45) is 0 Å². The Morgan fingerprint density at radius 3 is 2.35 bits per heavy atom. The van der Waals surface area contributed by atoms with Crippen molar-refractivity contribution in [2.75, 3.05) is 47.4 Å². The van der Waals surface area contributed by atoms with Crippen LogP contribution in [0.3, 0.4) is 0 Å². The van der Waals surface area contributed by atoms with Crippen LogP contribution >= 0.6 is 0 Å². The molecule has 1 saturated heterocycles. The molecule has 7 nitrogen and oxygen atoms in total. The van der Waals surface area contributed by atoms with Crippen molar-refractivity contribution in [2.45, 2.75) is 0 Å². The largest absolute Gasteiger partial charge is 0.393 e. The highest BCUT2D eigenvalue weighted by Crippen LogP contribution is 2.25. The van der Waals surface area contributed by atoms with Gasteiger partial charge in [-0.1, -0.05) is 6.07 Å². The normalized spacial score (nSPS) is 15.4. The number of aromatic nitrogens is 3. The molecule has 0 amide bonds. The van der Waals surface area contributed by atoms with Gasteiger partial charge in [0.25, 0.3) is 0 Å². The molecule has 20 heavy (non-hydrogen) atoms. The zero-order valence-corrected chi connectivity index (χ0v) is 11.1. The van der Waals surface area contributed by atoms with Gasteiger partial charge >= 0.3 is 0 Å². The number of hydrogen-bond acceptors (Lipinski definition) is 7. The number of piperazine rings is 1. The average Bonchev–Trinajstić information content (AvgIpc) is 2.51. The fourth-order valence-corrected chi connectivity index (χ4v) is 2.34. The van der Waals surface area contributed by atoms with E-state index in [1.54, 1.807) is 0 Å². The maximum absolute atomic E-state index is 5.94. The SMILES string of the molecule is Nc1ncnc(N2CCN(c3ccccn3)CC2)c1N. The van der Waals surface area contributed by atoms with Crippen LogP contribution in [-0.4, -0.2) is 41.1 Å². The molecule has 2 aromatic rings. The fraction of sp³-hybridized carbons (Fsp3) is 0.308. The minimum absolute atomic E-state index is 0.335. The second-order valence-corrected chi connectivity index (χ2v) is 4.66. The first-order valence-electron chi connectivity index (χ1n) is 6.52. The molecular weight excluding hydrogens is 254 g/mol. The molecule has 0 radical (unpaired) electrons. The highest BCUT2D eigenvalue weighted by atomic mass is 15.3. The van der Waals surface area contributed by atoms with E-state index < -0.39 is 0 Å². The topological polar surface area (TPSA) is 97.2 Å². The summed E-state index contributed by atoms with van der Waals surface area (Å²) in [4.78, 5) is 16.9. The van der Waals surface area contributed by atoms with Gasteiger partial charge in [0.15, 0.2) is 11.6 Å². The molecular formula is C13H17N7. The monoisotopic (exact) mass is 271 g/mol. The summed E-state index contributed by atoms with van der Waals surface area (Å²) < 4.78 is 0. The van der Waals surface area contributed by atoms with E-state index in [0.717, 1.165) is 37.8 Å². The molecule has 3 heterocycles. The van der Waals surface area contributed by atoms with E-state index in [0.29, 0.717) is 11.5 Å². The molecule has 7 heteroatoms. The fourth-order valence-electron chi connectivity index (χ4n) is 2.34. The van der Waals surface area contributed by atoms with Crippen molar-refractivity contribution in [1.82, 2.24) is 15.0 Å². The minimum atomic E-state index is 0.335. The Balaban J connectivity index is 1.71. The summed E-state index contributed by atoms with van der Waals surface area (Å²) >= 11 is 0. The van der Waals surface area contributed by atoms with Crippen molar-refractivity contribution >= 4 is 23.1 Å². The molecule has 1 fully saturated rings. The zero-order chi connectivity index (χ0) is 13.9. The van der Waals surface area contributed by atoms with Gasteiger partial charge < -0.3 is 21.3 Å². The van der Waals surface area contributed by atoms with Crippen LogP contribution in [0.1, 0.15) is 0 Å². The average molecular weight is 271 g/mol. The molecule has 1 aliphatic rings. The first-order valence-corrected chi connectivity index (χ1v) is 6.52. The molecule has 104 valence electrons. The van der Waals surface area contributed by atoms with Crippen LogP contribution in [0.2, 0.25) is 0 Å². The molecule has 0 aromatic carbocycles. The van der Waals surface area contributed by atoms with E-state index in [2.05, 4.69) is 24.8 Å². The third-order valence-electron chi connectivity index (χ3n) is 3.45. The van der Waals surface area contributed by atoms with Crippen molar-refractivity contribution in [3.8, 4) is 0 Å². The first kappa shape index (κ1) is 12.5. The predicted molar refractivity (Wildman–Crippen MR) is 79.5 cm³/mol. The third kappa shape index (κ3) is 2.29. The summed E-state index contributed by atoms with van der Waals surface area (Å²) in [6, 6.07) is 5.94. The van der Waals surface area contributed by atoms with E-state index in [1.807, 2.05) is 24.4 Å². The zero-order valence-electron chi connectivity index (χ0n) is 11.1. The molecule has 2 aromatic heterocycles. The number of pyridine rings is 1. The molecule has 0 unspecified atom stereocenters. The highest BCUT2D eigenvalue weighted by molar-refractivity contribution is 5.73.